The Morgan fingerprint density at radius 1 is 1.00 bits per heavy atom. The summed E-state index contributed by atoms with van der Waals surface area (Å²) in [6.45, 7) is 4.97. The zero-order valence-electron chi connectivity index (χ0n) is 18.1. The van der Waals surface area contributed by atoms with Crippen LogP contribution in [0.2, 0.25) is 5.02 Å². The highest BCUT2D eigenvalue weighted by atomic mass is 35.5. The largest absolute Gasteiger partial charge is 0.368 e. The number of nitrogens with zero attached hydrogens (tertiary/aromatic N) is 4. The van der Waals surface area contributed by atoms with Crippen molar-refractivity contribution in [3.05, 3.63) is 76.7 Å². The van der Waals surface area contributed by atoms with Crippen LogP contribution in [0.1, 0.15) is 11.1 Å². The predicted molar refractivity (Wildman–Crippen MR) is 132 cm³/mol. The van der Waals surface area contributed by atoms with E-state index in [-0.39, 0.29) is 5.82 Å². The van der Waals surface area contributed by atoms with Crippen molar-refractivity contribution < 1.29 is 4.39 Å². The van der Waals surface area contributed by atoms with Gasteiger partial charge in [0.15, 0.2) is 5.16 Å². The maximum atomic E-state index is 13.2. The van der Waals surface area contributed by atoms with Gasteiger partial charge in [0.25, 0.3) is 0 Å². The maximum Gasteiger partial charge on any atom is 0.189 e. The molecule has 1 fully saturated rings. The molecule has 1 saturated heterocycles. The summed E-state index contributed by atoms with van der Waals surface area (Å²) in [5, 5.41) is 5.10. The lowest BCUT2D eigenvalue weighted by Gasteiger charge is -2.37. The minimum atomic E-state index is -0.204. The monoisotopic (exact) mass is 471 g/mol. The van der Waals surface area contributed by atoms with Gasteiger partial charge >= 0.3 is 0 Å². The lowest BCUT2D eigenvalue weighted by atomic mass is 10.1. The number of aromatic nitrogens is 2. The van der Waals surface area contributed by atoms with Crippen LogP contribution in [-0.4, -0.2) is 48.9 Å². The van der Waals surface area contributed by atoms with E-state index in [4.69, 9.17) is 16.6 Å². The van der Waals surface area contributed by atoms with E-state index in [9.17, 15) is 4.39 Å². The number of thioether (sulfide) groups is 1. The molecule has 2 heterocycles. The van der Waals surface area contributed by atoms with Gasteiger partial charge < -0.3 is 15.1 Å². The third kappa shape index (κ3) is 5.71. The van der Waals surface area contributed by atoms with Crippen molar-refractivity contribution in [2.24, 2.45) is 0 Å². The molecule has 1 N–H and O–H groups in total. The molecule has 8 heteroatoms. The normalized spacial score (nSPS) is 14.1. The molecule has 5 nitrogen and oxygen atoms in total. The Balaban J connectivity index is 1.38. The van der Waals surface area contributed by atoms with Crippen LogP contribution in [-0.2, 0) is 13.0 Å². The van der Waals surface area contributed by atoms with E-state index in [1.54, 1.807) is 11.8 Å². The van der Waals surface area contributed by atoms with Gasteiger partial charge in [-0.2, -0.15) is 0 Å². The summed E-state index contributed by atoms with van der Waals surface area (Å²) >= 11 is 7.82. The second kappa shape index (κ2) is 11.0. The second-order valence-electron chi connectivity index (χ2n) is 7.67. The van der Waals surface area contributed by atoms with Crippen molar-refractivity contribution in [3.8, 4) is 0 Å². The molecular formula is C24H27ClFN5S. The number of halogens is 2. The van der Waals surface area contributed by atoms with Crippen molar-refractivity contribution in [2.45, 2.75) is 18.1 Å². The molecule has 2 aromatic carbocycles. The standard InChI is InChI=1S/C24H27ClFN5S/c1-32-24-28-17-19(16-27-11-10-18-4-2-3-5-22(18)25)23(29-24)31-14-12-30(13-15-31)21-8-6-20(26)7-9-21/h2-9,17,27H,10-16H2,1H3. The fourth-order valence-corrected chi connectivity index (χ4v) is 4.42. The summed E-state index contributed by atoms with van der Waals surface area (Å²) in [5.41, 5.74) is 3.30. The summed E-state index contributed by atoms with van der Waals surface area (Å²) in [5.74, 6) is 0.790. The van der Waals surface area contributed by atoms with Crippen molar-refractivity contribution in [3.63, 3.8) is 0 Å². The van der Waals surface area contributed by atoms with Crippen LogP contribution in [0.15, 0.2) is 59.9 Å². The quantitative estimate of drug-likeness (QED) is 0.293. The fraction of sp³-hybridized carbons (Fsp3) is 0.333. The average Bonchev–Trinajstić information content (AvgIpc) is 2.83. The van der Waals surface area contributed by atoms with E-state index in [0.29, 0.717) is 6.54 Å². The average molecular weight is 472 g/mol. The van der Waals surface area contributed by atoms with Gasteiger partial charge in [0.2, 0.25) is 0 Å². The minimum absolute atomic E-state index is 0.204. The summed E-state index contributed by atoms with van der Waals surface area (Å²) in [6, 6.07) is 14.7. The highest BCUT2D eigenvalue weighted by Gasteiger charge is 2.21. The van der Waals surface area contributed by atoms with Crippen molar-refractivity contribution >= 4 is 34.9 Å². The van der Waals surface area contributed by atoms with Gasteiger partial charge in [0.1, 0.15) is 11.6 Å². The van der Waals surface area contributed by atoms with Crippen molar-refractivity contribution in [1.82, 2.24) is 15.3 Å². The first-order valence-electron chi connectivity index (χ1n) is 10.7. The third-order valence-corrected chi connectivity index (χ3v) is 6.55. The molecule has 0 saturated carbocycles. The van der Waals surface area contributed by atoms with Gasteiger partial charge in [0.05, 0.1) is 0 Å². The van der Waals surface area contributed by atoms with Crippen LogP contribution >= 0.6 is 23.4 Å². The van der Waals surface area contributed by atoms with Crippen LogP contribution in [0.5, 0.6) is 0 Å². The van der Waals surface area contributed by atoms with Crippen LogP contribution in [0.4, 0.5) is 15.9 Å². The molecule has 32 heavy (non-hydrogen) atoms. The second-order valence-corrected chi connectivity index (χ2v) is 8.85. The number of nitrogens with one attached hydrogen (secondary N) is 1. The lowest BCUT2D eigenvalue weighted by molar-refractivity contribution is 0.620. The van der Waals surface area contributed by atoms with Gasteiger partial charge in [-0.1, -0.05) is 41.6 Å². The minimum Gasteiger partial charge on any atom is -0.368 e. The summed E-state index contributed by atoms with van der Waals surface area (Å²) in [6.07, 6.45) is 4.80. The third-order valence-electron chi connectivity index (χ3n) is 5.62. The summed E-state index contributed by atoms with van der Waals surface area (Å²) < 4.78 is 13.2. The first kappa shape index (κ1) is 22.8. The Hall–Kier alpha value is -2.35. The molecule has 1 aromatic heterocycles. The zero-order chi connectivity index (χ0) is 22.3. The van der Waals surface area contributed by atoms with E-state index in [2.05, 4.69) is 26.2 Å². The first-order valence-corrected chi connectivity index (χ1v) is 12.3. The van der Waals surface area contributed by atoms with Gasteiger partial charge in [0, 0.05) is 55.2 Å². The van der Waals surface area contributed by atoms with Gasteiger partial charge in [-0.15, -0.1) is 0 Å². The Kier molecular flexibility index (Phi) is 7.84. The molecule has 0 amide bonds. The SMILES string of the molecule is CSc1ncc(CNCCc2ccccc2Cl)c(N2CCN(c3ccc(F)cc3)CC2)n1. The summed E-state index contributed by atoms with van der Waals surface area (Å²) in [7, 11) is 0. The predicted octanol–water partition coefficient (Wildman–Crippen LogP) is 4.65. The molecule has 0 atom stereocenters. The smallest absolute Gasteiger partial charge is 0.189 e. The number of piperazine rings is 1. The van der Waals surface area contributed by atoms with E-state index in [0.717, 1.165) is 72.0 Å². The Bertz CT molecular complexity index is 1030. The van der Waals surface area contributed by atoms with Gasteiger partial charge in [-0.05, 0) is 55.1 Å². The van der Waals surface area contributed by atoms with Crippen molar-refractivity contribution in [2.75, 3.05) is 48.8 Å². The van der Waals surface area contributed by atoms with Crippen LogP contribution in [0.3, 0.4) is 0 Å². The highest BCUT2D eigenvalue weighted by molar-refractivity contribution is 7.98. The number of anilines is 2. The molecule has 0 bridgehead atoms. The lowest BCUT2D eigenvalue weighted by Crippen LogP contribution is -2.47. The van der Waals surface area contributed by atoms with E-state index in [1.807, 2.05) is 42.8 Å². The van der Waals surface area contributed by atoms with E-state index in [1.165, 1.54) is 12.1 Å². The van der Waals surface area contributed by atoms with Crippen LogP contribution < -0.4 is 15.1 Å². The molecule has 1 aliphatic heterocycles. The summed E-state index contributed by atoms with van der Waals surface area (Å²) in [4.78, 5) is 13.9. The molecule has 168 valence electrons. The van der Waals surface area contributed by atoms with E-state index >= 15 is 0 Å². The molecule has 0 radical (unpaired) electrons. The Morgan fingerprint density at radius 3 is 2.44 bits per heavy atom. The van der Waals surface area contributed by atoms with Gasteiger partial charge in [-0.3, -0.25) is 0 Å². The number of rotatable bonds is 8. The van der Waals surface area contributed by atoms with Gasteiger partial charge in [-0.25, -0.2) is 14.4 Å². The number of hydrogen-bond acceptors (Lipinski definition) is 6. The molecule has 0 unspecified atom stereocenters. The molecule has 0 aliphatic carbocycles. The van der Waals surface area contributed by atoms with Crippen LogP contribution in [0, 0.1) is 5.82 Å². The molecule has 1 aliphatic rings. The molecular weight excluding hydrogens is 445 g/mol. The first-order chi connectivity index (χ1) is 15.6. The Morgan fingerprint density at radius 2 is 1.72 bits per heavy atom. The zero-order valence-corrected chi connectivity index (χ0v) is 19.7. The molecule has 0 spiro atoms. The fourth-order valence-electron chi connectivity index (χ4n) is 3.85. The molecule has 3 aromatic rings. The molecule has 4 rings (SSSR count). The highest BCUT2D eigenvalue weighted by Crippen LogP contribution is 2.24. The topological polar surface area (TPSA) is 44.3 Å². The van der Waals surface area contributed by atoms with Crippen LogP contribution in [0.25, 0.3) is 0 Å². The maximum absolute atomic E-state index is 13.2. The van der Waals surface area contributed by atoms with Crippen molar-refractivity contribution in [1.29, 1.82) is 0 Å². The number of hydrogen-bond donors (Lipinski definition) is 1. The number of benzene rings is 2. The Labute approximate surface area is 198 Å². The van der Waals surface area contributed by atoms with E-state index < -0.39 is 0 Å².